The van der Waals surface area contributed by atoms with Gasteiger partial charge >= 0.3 is 0 Å². The summed E-state index contributed by atoms with van der Waals surface area (Å²) < 4.78 is 7.50. The van der Waals surface area contributed by atoms with Crippen molar-refractivity contribution in [2.24, 2.45) is 5.73 Å². The molecule has 0 bridgehead atoms. The lowest BCUT2D eigenvalue weighted by Crippen LogP contribution is -2.05. The molecule has 0 radical (unpaired) electrons. The summed E-state index contributed by atoms with van der Waals surface area (Å²) >= 11 is 0. The molecule has 3 aromatic rings. The smallest absolute Gasteiger partial charge is 0.187 e. The summed E-state index contributed by atoms with van der Waals surface area (Å²) in [5, 5.41) is 12.1. The van der Waals surface area contributed by atoms with Crippen LogP contribution in [0.15, 0.2) is 48.5 Å². The predicted octanol–water partition coefficient (Wildman–Crippen LogP) is 2.58. The average molecular weight is 309 g/mol. The van der Waals surface area contributed by atoms with Gasteiger partial charge in [0.25, 0.3) is 0 Å². The number of para-hydroxylation sites is 2. The molecule has 118 valence electrons. The van der Waals surface area contributed by atoms with Crippen LogP contribution in [-0.4, -0.2) is 26.8 Å². The standard InChI is InChI=1S/C17H19N5O/c1-2-11-23-16-6-4-3-5-15(16)22-17(19-20-21-22)14-9-7-13(12-18)8-10-14/h3-10H,2,11-12,18H2,1H3. The molecule has 0 spiro atoms. The van der Waals surface area contributed by atoms with Gasteiger partial charge in [0.1, 0.15) is 11.4 Å². The molecule has 0 atom stereocenters. The molecular formula is C17H19N5O. The van der Waals surface area contributed by atoms with Gasteiger partial charge in [0, 0.05) is 12.1 Å². The number of tetrazole rings is 1. The van der Waals surface area contributed by atoms with E-state index >= 15 is 0 Å². The highest BCUT2D eigenvalue weighted by molar-refractivity contribution is 5.59. The van der Waals surface area contributed by atoms with Crippen molar-refractivity contribution in [2.75, 3.05) is 6.61 Å². The number of hydrogen-bond acceptors (Lipinski definition) is 5. The third-order valence-corrected chi connectivity index (χ3v) is 3.47. The van der Waals surface area contributed by atoms with E-state index in [2.05, 4.69) is 22.4 Å². The number of benzene rings is 2. The van der Waals surface area contributed by atoms with Gasteiger partial charge in [-0.1, -0.05) is 43.3 Å². The molecule has 0 amide bonds. The van der Waals surface area contributed by atoms with Gasteiger partial charge < -0.3 is 10.5 Å². The Morgan fingerprint density at radius 1 is 1.09 bits per heavy atom. The maximum atomic E-state index is 5.80. The number of ether oxygens (including phenoxy) is 1. The summed E-state index contributed by atoms with van der Waals surface area (Å²) in [4.78, 5) is 0. The van der Waals surface area contributed by atoms with E-state index < -0.39 is 0 Å². The van der Waals surface area contributed by atoms with Crippen molar-refractivity contribution >= 4 is 0 Å². The summed E-state index contributed by atoms with van der Waals surface area (Å²) in [6.07, 6.45) is 0.942. The second kappa shape index (κ2) is 7.02. The van der Waals surface area contributed by atoms with Crippen LogP contribution in [0.1, 0.15) is 18.9 Å². The van der Waals surface area contributed by atoms with Crippen LogP contribution in [0.4, 0.5) is 0 Å². The van der Waals surface area contributed by atoms with Gasteiger partial charge in [-0.05, 0) is 34.5 Å². The Bertz CT molecular complexity index is 767. The molecule has 2 N–H and O–H groups in total. The molecule has 0 saturated heterocycles. The van der Waals surface area contributed by atoms with Gasteiger partial charge in [0.05, 0.1) is 6.61 Å². The lowest BCUT2D eigenvalue weighted by molar-refractivity contribution is 0.316. The zero-order valence-corrected chi connectivity index (χ0v) is 13.0. The monoisotopic (exact) mass is 309 g/mol. The minimum Gasteiger partial charge on any atom is -0.491 e. The van der Waals surface area contributed by atoms with Crippen LogP contribution < -0.4 is 10.5 Å². The molecule has 6 heteroatoms. The molecule has 3 rings (SSSR count). The first kappa shape index (κ1) is 15.2. The van der Waals surface area contributed by atoms with E-state index in [-0.39, 0.29) is 0 Å². The van der Waals surface area contributed by atoms with E-state index in [0.29, 0.717) is 19.0 Å². The number of nitrogens with zero attached hydrogens (tertiary/aromatic N) is 4. The minimum absolute atomic E-state index is 0.513. The number of hydrogen-bond donors (Lipinski definition) is 1. The highest BCUT2D eigenvalue weighted by atomic mass is 16.5. The Morgan fingerprint density at radius 2 is 1.87 bits per heavy atom. The molecule has 0 fully saturated rings. The van der Waals surface area contributed by atoms with Crippen molar-refractivity contribution in [1.29, 1.82) is 0 Å². The molecule has 2 aromatic carbocycles. The molecule has 1 aromatic heterocycles. The molecule has 1 heterocycles. The van der Waals surface area contributed by atoms with Gasteiger partial charge in [0.15, 0.2) is 5.82 Å². The molecule has 0 saturated carbocycles. The SMILES string of the molecule is CCCOc1ccccc1-n1nnnc1-c1ccc(CN)cc1. The van der Waals surface area contributed by atoms with Crippen LogP contribution in [0.3, 0.4) is 0 Å². The topological polar surface area (TPSA) is 78.8 Å². The summed E-state index contributed by atoms with van der Waals surface area (Å²) in [6.45, 7) is 3.24. The summed E-state index contributed by atoms with van der Waals surface area (Å²) in [6, 6.07) is 15.7. The fourth-order valence-electron chi connectivity index (χ4n) is 2.29. The van der Waals surface area contributed by atoms with Crippen molar-refractivity contribution in [1.82, 2.24) is 20.2 Å². The molecule has 0 aliphatic rings. The summed E-state index contributed by atoms with van der Waals surface area (Å²) in [7, 11) is 0. The molecule has 0 aliphatic heterocycles. The van der Waals surface area contributed by atoms with Gasteiger partial charge in [0.2, 0.25) is 0 Å². The van der Waals surface area contributed by atoms with Crippen molar-refractivity contribution in [2.45, 2.75) is 19.9 Å². The van der Waals surface area contributed by atoms with Crippen molar-refractivity contribution in [3.8, 4) is 22.8 Å². The van der Waals surface area contributed by atoms with Crippen LogP contribution in [0.2, 0.25) is 0 Å². The number of nitrogens with two attached hydrogens (primary N) is 1. The normalized spacial score (nSPS) is 10.7. The van der Waals surface area contributed by atoms with Crippen molar-refractivity contribution in [3.63, 3.8) is 0 Å². The zero-order chi connectivity index (χ0) is 16.1. The molecule has 6 nitrogen and oxygen atoms in total. The highest BCUT2D eigenvalue weighted by Crippen LogP contribution is 2.26. The van der Waals surface area contributed by atoms with E-state index in [4.69, 9.17) is 10.5 Å². The summed E-state index contributed by atoms with van der Waals surface area (Å²) in [5.41, 5.74) is 8.46. The first-order chi connectivity index (χ1) is 11.3. The van der Waals surface area contributed by atoms with Crippen molar-refractivity contribution in [3.05, 3.63) is 54.1 Å². The average Bonchev–Trinajstić information content (AvgIpc) is 3.10. The fourth-order valence-corrected chi connectivity index (χ4v) is 2.29. The molecule has 0 unspecified atom stereocenters. The Labute approximate surface area is 134 Å². The molecule has 23 heavy (non-hydrogen) atoms. The highest BCUT2D eigenvalue weighted by Gasteiger charge is 2.14. The first-order valence-electron chi connectivity index (χ1n) is 7.63. The molecule has 0 aliphatic carbocycles. The van der Waals surface area contributed by atoms with Crippen LogP contribution in [-0.2, 0) is 6.54 Å². The second-order valence-electron chi connectivity index (χ2n) is 5.13. The van der Waals surface area contributed by atoms with Crippen LogP contribution in [0.5, 0.6) is 5.75 Å². The third-order valence-electron chi connectivity index (χ3n) is 3.47. The number of aromatic nitrogens is 4. The maximum absolute atomic E-state index is 5.80. The Hall–Kier alpha value is -2.73. The zero-order valence-electron chi connectivity index (χ0n) is 13.0. The lowest BCUT2D eigenvalue weighted by atomic mass is 10.1. The van der Waals surface area contributed by atoms with E-state index in [9.17, 15) is 0 Å². The van der Waals surface area contributed by atoms with Crippen molar-refractivity contribution < 1.29 is 4.74 Å². The quantitative estimate of drug-likeness (QED) is 0.757. The Morgan fingerprint density at radius 3 is 2.61 bits per heavy atom. The van der Waals surface area contributed by atoms with Crippen LogP contribution in [0, 0.1) is 0 Å². The van der Waals surface area contributed by atoms with Gasteiger partial charge in [-0.15, -0.1) is 5.10 Å². The Balaban J connectivity index is 2.00. The second-order valence-corrected chi connectivity index (χ2v) is 5.13. The van der Waals surface area contributed by atoms with Crippen LogP contribution in [0.25, 0.3) is 17.1 Å². The minimum atomic E-state index is 0.513. The lowest BCUT2D eigenvalue weighted by Gasteiger charge is -2.11. The van der Waals surface area contributed by atoms with E-state index in [0.717, 1.165) is 29.0 Å². The van der Waals surface area contributed by atoms with Gasteiger partial charge in [-0.25, -0.2) is 0 Å². The van der Waals surface area contributed by atoms with Gasteiger partial charge in [-0.3, -0.25) is 0 Å². The predicted molar refractivity (Wildman–Crippen MR) is 88.3 cm³/mol. The van der Waals surface area contributed by atoms with Gasteiger partial charge in [-0.2, -0.15) is 4.68 Å². The third kappa shape index (κ3) is 3.22. The van der Waals surface area contributed by atoms with E-state index in [1.165, 1.54) is 0 Å². The largest absolute Gasteiger partial charge is 0.491 e. The Kier molecular flexibility index (Phi) is 4.63. The molecular weight excluding hydrogens is 290 g/mol. The first-order valence-corrected chi connectivity index (χ1v) is 7.63. The van der Waals surface area contributed by atoms with Crippen LogP contribution >= 0.6 is 0 Å². The van der Waals surface area contributed by atoms with E-state index in [1.54, 1.807) is 4.68 Å². The fraction of sp³-hybridized carbons (Fsp3) is 0.235. The number of rotatable bonds is 6. The maximum Gasteiger partial charge on any atom is 0.187 e. The van der Waals surface area contributed by atoms with E-state index in [1.807, 2.05) is 48.5 Å². The summed E-state index contributed by atoms with van der Waals surface area (Å²) in [5.74, 6) is 1.43.